The molecule has 11 nitrogen and oxygen atoms in total. The summed E-state index contributed by atoms with van der Waals surface area (Å²) in [6.07, 6.45) is -3.03. The summed E-state index contributed by atoms with van der Waals surface area (Å²) in [5.41, 5.74) is -2.69. The number of benzene rings is 1. The summed E-state index contributed by atoms with van der Waals surface area (Å²) in [6, 6.07) is 6.53. The maximum atomic E-state index is 14.5. The standard InChI is InChI=1S/C33H45NO10/c1-7-34-14-31(15-39-2)19(35)12-20(41-4)33-18-13-32(38)28(44-30(37)16-8-10-17(40-3)11-9-16)21(18)22(24(36)29(32)43-6)23(27(33)34)25(42-5)26(31)33/h8-11,18-23,25-29,35,38H,7,12-15H2,1-6H3/t18-,19-,20+,21+,22+,23?,25+,26-,27?,28-,29-,31+,32-,33?/m1/s1. The number of rotatable bonds is 9. The molecule has 6 fully saturated rings. The Balaban J connectivity index is 1.42. The second-order valence-corrected chi connectivity index (χ2v) is 13.9. The van der Waals surface area contributed by atoms with Gasteiger partial charge in [0.25, 0.3) is 0 Å². The quantitative estimate of drug-likeness (QED) is 0.388. The molecule has 5 aliphatic carbocycles. The van der Waals surface area contributed by atoms with Crippen LogP contribution in [0.3, 0.4) is 0 Å². The molecule has 0 aromatic heterocycles. The Labute approximate surface area is 258 Å². The van der Waals surface area contributed by atoms with E-state index in [1.807, 2.05) is 0 Å². The van der Waals surface area contributed by atoms with Crippen molar-refractivity contribution >= 4 is 11.8 Å². The van der Waals surface area contributed by atoms with Gasteiger partial charge in [0, 0.05) is 81.9 Å². The van der Waals surface area contributed by atoms with E-state index in [-0.39, 0.29) is 48.2 Å². The monoisotopic (exact) mass is 615 g/mol. The number of likely N-dealkylation sites (tertiary alicyclic amines) is 1. The number of aliphatic hydroxyl groups excluding tert-OH is 1. The minimum Gasteiger partial charge on any atom is -0.497 e. The highest BCUT2D eigenvalue weighted by Gasteiger charge is 2.87. The molecule has 0 radical (unpaired) electrons. The average Bonchev–Trinajstić information content (AvgIpc) is 3.36. The lowest BCUT2D eigenvalue weighted by molar-refractivity contribution is -0.280. The number of hydrogen-bond acceptors (Lipinski definition) is 11. The summed E-state index contributed by atoms with van der Waals surface area (Å²) in [5.74, 6) is -1.98. The topological polar surface area (TPSA) is 133 Å². The van der Waals surface area contributed by atoms with Gasteiger partial charge in [-0.05, 0) is 43.1 Å². The summed E-state index contributed by atoms with van der Waals surface area (Å²) >= 11 is 0. The van der Waals surface area contributed by atoms with Crippen LogP contribution in [-0.2, 0) is 28.5 Å². The largest absolute Gasteiger partial charge is 0.497 e. The van der Waals surface area contributed by atoms with Gasteiger partial charge in [0.05, 0.1) is 37.6 Å². The lowest BCUT2D eigenvalue weighted by Gasteiger charge is -2.69. The fraction of sp³-hybridized carbons (Fsp3) is 0.758. The van der Waals surface area contributed by atoms with Crippen molar-refractivity contribution in [1.82, 2.24) is 4.90 Å². The summed E-state index contributed by atoms with van der Waals surface area (Å²) in [5, 5.41) is 24.4. The number of ether oxygens (including phenoxy) is 6. The van der Waals surface area contributed by atoms with Crippen molar-refractivity contribution in [3.8, 4) is 5.75 Å². The molecule has 1 aromatic rings. The van der Waals surface area contributed by atoms with E-state index in [0.717, 1.165) is 0 Å². The number of esters is 1. The van der Waals surface area contributed by atoms with Gasteiger partial charge in [-0.25, -0.2) is 4.79 Å². The van der Waals surface area contributed by atoms with Gasteiger partial charge in [0.15, 0.2) is 5.78 Å². The van der Waals surface area contributed by atoms with Gasteiger partial charge in [-0.3, -0.25) is 9.69 Å². The van der Waals surface area contributed by atoms with Crippen molar-refractivity contribution in [2.24, 2.45) is 40.4 Å². The molecule has 2 N–H and O–H groups in total. The average molecular weight is 616 g/mol. The van der Waals surface area contributed by atoms with Crippen molar-refractivity contribution in [3.63, 3.8) is 0 Å². The number of piperidine rings is 1. The highest BCUT2D eigenvalue weighted by atomic mass is 16.6. The molecule has 1 aromatic carbocycles. The van der Waals surface area contributed by atoms with Crippen LogP contribution in [0.1, 0.15) is 30.1 Å². The number of carbonyl (C=O) groups is 2. The normalized spacial score (nSPS) is 48.4. The number of carbonyl (C=O) groups excluding carboxylic acids is 2. The Hall–Kier alpha value is -2.12. The van der Waals surface area contributed by atoms with Crippen molar-refractivity contribution in [2.75, 3.05) is 55.2 Å². The van der Waals surface area contributed by atoms with Crippen LogP contribution < -0.4 is 4.74 Å². The minimum atomic E-state index is -1.73. The first-order valence-corrected chi connectivity index (χ1v) is 15.7. The third-order valence-electron chi connectivity index (χ3n) is 12.8. The Kier molecular flexibility index (Phi) is 7.25. The highest BCUT2D eigenvalue weighted by molar-refractivity contribution is 5.92. The molecule has 14 atom stereocenters. The molecule has 7 rings (SSSR count). The van der Waals surface area contributed by atoms with Crippen LogP contribution in [0.25, 0.3) is 0 Å². The van der Waals surface area contributed by atoms with E-state index in [4.69, 9.17) is 28.4 Å². The summed E-state index contributed by atoms with van der Waals surface area (Å²) in [6.45, 7) is 3.73. The second kappa shape index (κ2) is 10.4. The maximum Gasteiger partial charge on any atom is 0.338 e. The Morgan fingerprint density at radius 1 is 1.05 bits per heavy atom. The minimum absolute atomic E-state index is 0.101. The lowest BCUT2D eigenvalue weighted by Crippen LogP contribution is -2.77. The third kappa shape index (κ3) is 3.47. The van der Waals surface area contributed by atoms with Gasteiger partial charge in [-0.2, -0.15) is 0 Å². The van der Waals surface area contributed by atoms with Crippen LogP contribution >= 0.6 is 0 Å². The summed E-state index contributed by atoms with van der Waals surface area (Å²) < 4.78 is 36.0. The van der Waals surface area contributed by atoms with Crippen LogP contribution in [0.5, 0.6) is 5.75 Å². The SMILES string of the molecule is CCN1C[C@]2(COC)[C@H](O)C[C@H](OC)C34C1C([C@H]1C(=O)[C@@H](OC)[C@@]5(O)C[C@@H]3[C@@H]1[C@H]5OC(=O)c1ccc(OC)cc1)[C@H](OC)[C@@H]42. The third-order valence-corrected chi connectivity index (χ3v) is 12.8. The molecule has 5 saturated carbocycles. The van der Waals surface area contributed by atoms with Gasteiger partial charge < -0.3 is 38.6 Å². The number of fused-ring (bicyclic) bond motifs is 2. The predicted octanol–water partition coefficient (Wildman–Crippen LogP) is 1.18. The molecule has 0 amide bonds. The number of hydrogen-bond donors (Lipinski definition) is 2. The first-order chi connectivity index (χ1) is 21.1. The van der Waals surface area contributed by atoms with E-state index in [1.165, 1.54) is 7.11 Å². The fourth-order valence-electron chi connectivity index (χ4n) is 11.8. The molecule has 242 valence electrons. The van der Waals surface area contributed by atoms with E-state index >= 15 is 0 Å². The molecule has 44 heavy (non-hydrogen) atoms. The molecule has 3 unspecified atom stereocenters. The molecule has 1 saturated heterocycles. The van der Waals surface area contributed by atoms with Crippen molar-refractivity contribution in [3.05, 3.63) is 29.8 Å². The molecule has 1 aliphatic heterocycles. The summed E-state index contributed by atoms with van der Waals surface area (Å²) in [7, 11) is 8.02. The van der Waals surface area contributed by atoms with Crippen LogP contribution in [0, 0.1) is 40.4 Å². The molecule has 6 aliphatic rings. The predicted molar refractivity (Wildman–Crippen MR) is 155 cm³/mol. The Morgan fingerprint density at radius 3 is 2.36 bits per heavy atom. The Bertz CT molecular complexity index is 1310. The van der Waals surface area contributed by atoms with E-state index < -0.39 is 52.5 Å². The fourth-order valence-corrected chi connectivity index (χ4v) is 11.8. The molecular formula is C33H45NO10. The lowest BCUT2D eigenvalue weighted by atomic mass is 9.43. The van der Waals surface area contributed by atoms with E-state index in [0.29, 0.717) is 37.4 Å². The van der Waals surface area contributed by atoms with Crippen LogP contribution in [0.4, 0.5) is 0 Å². The van der Waals surface area contributed by atoms with Crippen LogP contribution in [0.15, 0.2) is 24.3 Å². The number of nitrogens with zero attached hydrogens (tertiary/aromatic N) is 1. The van der Waals surface area contributed by atoms with Crippen LogP contribution in [-0.4, -0.2) is 124 Å². The van der Waals surface area contributed by atoms with Crippen LogP contribution in [0.2, 0.25) is 0 Å². The van der Waals surface area contributed by atoms with Gasteiger partial charge in [-0.15, -0.1) is 0 Å². The van der Waals surface area contributed by atoms with Gasteiger partial charge in [0.2, 0.25) is 0 Å². The zero-order valence-corrected chi connectivity index (χ0v) is 26.3. The molecule has 11 heteroatoms. The van der Waals surface area contributed by atoms with Crippen molar-refractivity contribution in [1.29, 1.82) is 0 Å². The molecule has 7 bridgehead atoms. The highest BCUT2D eigenvalue weighted by Crippen LogP contribution is 2.78. The van der Waals surface area contributed by atoms with Gasteiger partial charge in [0.1, 0.15) is 23.6 Å². The number of Topliss-reactive ketones (excluding diaryl/α,β-unsaturated/α-hetero) is 1. The molecular weight excluding hydrogens is 570 g/mol. The number of methoxy groups -OCH3 is 5. The molecule has 1 heterocycles. The number of aliphatic hydroxyl groups is 2. The Morgan fingerprint density at radius 2 is 1.77 bits per heavy atom. The van der Waals surface area contributed by atoms with Gasteiger partial charge in [-0.1, -0.05) is 6.92 Å². The molecule has 1 spiro atoms. The zero-order valence-electron chi connectivity index (χ0n) is 26.3. The maximum absolute atomic E-state index is 14.5. The number of ketones is 1. The smallest absolute Gasteiger partial charge is 0.338 e. The van der Waals surface area contributed by atoms with Gasteiger partial charge >= 0.3 is 5.97 Å². The second-order valence-electron chi connectivity index (χ2n) is 13.9. The van der Waals surface area contributed by atoms with E-state index in [2.05, 4.69) is 11.8 Å². The van der Waals surface area contributed by atoms with E-state index in [1.54, 1.807) is 52.7 Å². The van der Waals surface area contributed by atoms with Crippen molar-refractivity contribution < 1.29 is 48.2 Å². The summed E-state index contributed by atoms with van der Waals surface area (Å²) in [4.78, 5) is 30.6. The first kappa shape index (κ1) is 30.5. The zero-order chi connectivity index (χ0) is 31.3. The van der Waals surface area contributed by atoms with E-state index in [9.17, 15) is 19.8 Å². The van der Waals surface area contributed by atoms with Crippen molar-refractivity contribution in [2.45, 2.75) is 61.9 Å². The first-order valence-electron chi connectivity index (χ1n) is 15.7.